The molecule has 3 amide bonds. The van der Waals surface area contributed by atoms with E-state index in [0.29, 0.717) is 17.5 Å². The van der Waals surface area contributed by atoms with Crippen molar-refractivity contribution in [2.24, 2.45) is 0 Å². The molecule has 11 heteroatoms. The molecule has 0 radical (unpaired) electrons. The summed E-state index contributed by atoms with van der Waals surface area (Å²) in [5.74, 6) is -1.37. The molecule has 2 atom stereocenters. The van der Waals surface area contributed by atoms with Crippen LogP contribution in [0.25, 0.3) is 0 Å². The first-order valence-corrected chi connectivity index (χ1v) is 12.5. The zero-order valence-electron chi connectivity index (χ0n) is 20.5. The van der Waals surface area contributed by atoms with Gasteiger partial charge in [-0.2, -0.15) is 13.2 Å². The van der Waals surface area contributed by atoms with Crippen molar-refractivity contribution in [2.45, 2.75) is 37.5 Å². The summed E-state index contributed by atoms with van der Waals surface area (Å²) >= 11 is 5.71. The predicted octanol–water partition coefficient (Wildman–Crippen LogP) is 6.15. The molecule has 1 saturated carbocycles. The van der Waals surface area contributed by atoms with Gasteiger partial charge < -0.3 is 20.6 Å². The Morgan fingerprint density at radius 1 is 1.00 bits per heavy atom. The first-order valence-electron chi connectivity index (χ1n) is 12.1. The third-order valence-electron chi connectivity index (χ3n) is 6.36. The number of amides is 3. The summed E-state index contributed by atoms with van der Waals surface area (Å²) in [6, 6.07) is 18.6. The van der Waals surface area contributed by atoms with E-state index in [-0.39, 0.29) is 37.2 Å². The molecule has 204 valence electrons. The number of carboxylic acids is 1. The van der Waals surface area contributed by atoms with Crippen LogP contribution in [0, 0.1) is 0 Å². The van der Waals surface area contributed by atoms with E-state index in [1.807, 2.05) is 30.3 Å². The molecule has 0 aromatic heterocycles. The number of carbonyl (C=O) groups is 3. The van der Waals surface area contributed by atoms with Crippen LogP contribution in [0.3, 0.4) is 0 Å². The van der Waals surface area contributed by atoms with Crippen LogP contribution >= 0.6 is 11.6 Å². The Morgan fingerprint density at radius 2 is 1.69 bits per heavy atom. The van der Waals surface area contributed by atoms with Crippen LogP contribution in [0.1, 0.15) is 45.8 Å². The molecule has 0 saturated heterocycles. The molecule has 3 aromatic rings. The van der Waals surface area contributed by atoms with E-state index in [9.17, 15) is 27.6 Å². The maximum atomic E-state index is 13.4. The van der Waals surface area contributed by atoms with Gasteiger partial charge in [0.15, 0.2) is 0 Å². The van der Waals surface area contributed by atoms with Gasteiger partial charge >= 0.3 is 18.2 Å². The Morgan fingerprint density at radius 3 is 2.33 bits per heavy atom. The maximum absolute atomic E-state index is 13.4. The summed E-state index contributed by atoms with van der Waals surface area (Å²) in [7, 11) is 0. The minimum Gasteiger partial charge on any atom is -0.481 e. The molecule has 7 nitrogen and oxygen atoms in total. The van der Waals surface area contributed by atoms with Crippen molar-refractivity contribution in [3.05, 3.63) is 100 Å². The number of hydrogen-bond donors (Lipinski definition) is 3. The van der Waals surface area contributed by atoms with E-state index >= 15 is 0 Å². The quantitative estimate of drug-likeness (QED) is 0.293. The van der Waals surface area contributed by atoms with Crippen molar-refractivity contribution in [1.29, 1.82) is 0 Å². The molecule has 39 heavy (non-hydrogen) atoms. The van der Waals surface area contributed by atoms with Crippen LogP contribution in [-0.2, 0) is 17.5 Å². The highest BCUT2D eigenvalue weighted by atomic mass is 35.5. The molecule has 3 N–H and O–H groups in total. The summed E-state index contributed by atoms with van der Waals surface area (Å²) in [5, 5.41) is 13.3. The summed E-state index contributed by atoms with van der Waals surface area (Å²) in [6.07, 6.45) is -4.18. The summed E-state index contributed by atoms with van der Waals surface area (Å²) in [4.78, 5) is 37.8. The average molecular weight is 560 g/mol. The minimum absolute atomic E-state index is 0.00677. The highest BCUT2D eigenvalue weighted by Gasteiger charge is 2.45. The summed E-state index contributed by atoms with van der Waals surface area (Å²) in [6.45, 7) is 0.146. The monoisotopic (exact) mass is 559 g/mol. The van der Waals surface area contributed by atoms with Crippen LogP contribution in [0.5, 0.6) is 0 Å². The van der Waals surface area contributed by atoms with Gasteiger partial charge in [-0.1, -0.05) is 54.1 Å². The van der Waals surface area contributed by atoms with Gasteiger partial charge in [0.05, 0.1) is 17.0 Å². The average Bonchev–Trinajstić information content (AvgIpc) is 3.69. The number of alkyl halides is 3. The van der Waals surface area contributed by atoms with Gasteiger partial charge in [0, 0.05) is 36.3 Å². The third-order valence-corrected chi connectivity index (χ3v) is 6.69. The second kappa shape index (κ2) is 11.8. The predicted molar refractivity (Wildman–Crippen MR) is 140 cm³/mol. The number of nitrogens with zero attached hydrogens (tertiary/aromatic N) is 1. The number of halogens is 4. The van der Waals surface area contributed by atoms with Crippen LogP contribution in [-0.4, -0.2) is 40.5 Å². The zero-order chi connectivity index (χ0) is 28.2. The number of rotatable bonds is 9. The van der Waals surface area contributed by atoms with Crippen molar-refractivity contribution >= 4 is 35.2 Å². The van der Waals surface area contributed by atoms with Crippen LogP contribution in [0.2, 0.25) is 5.02 Å². The zero-order valence-corrected chi connectivity index (χ0v) is 21.3. The van der Waals surface area contributed by atoms with E-state index in [1.165, 1.54) is 6.07 Å². The first kappa shape index (κ1) is 28.0. The molecule has 0 heterocycles. The van der Waals surface area contributed by atoms with E-state index in [4.69, 9.17) is 16.7 Å². The molecule has 1 fully saturated rings. The smallest absolute Gasteiger partial charge is 0.417 e. The number of carbonyl (C=O) groups excluding carboxylic acids is 2. The lowest BCUT2D eigenvalue weighted by Crippen LogP contribution is -2.37. The topological polar surface area (TPSA) is 98.7 Å². The van der Waals surface area contributed by atoms with E-state index in [1.54, 1.807) is 29.2 Å². The molecule has 3 aromatic carbocycles. The number of hydrogen-bond acceptors (Lipinski definition) is 3. The van der Waals surface area contributed by atoms with Crippen molar-refractivity contribution in [2.75, 3.05) is 11.9 Å². The molecule has 1 unspecified atom stereocenters. The van der Waals surface area contributed by atoms with Crippen LogP contribution < -0.4 is 10.6 Å². The largest absolute Gasteiger partial charge is 0.481 e. The fourth-order valence-corrected chi connectivity index (χ4v) is 4.51. The Bertz CT molecular complexity index is 1350. The Kier molecular flexibility index (Phi) is 8.44. The second-order valence-electron chi connectivity index (χ2n) is 9.17. The number of aliphatic carboxylic acids is 1. The number of nitrogens with one attached hydrogen (secondary N) is 2. The Hall–Kier alpha value is -4.05. The molecular formula is C28H25ClF3N3O4. The van der Waals surface area contributed by atoms with Gasteiger partial charge in [0.1, 0.15) is 0 Å². The highest BCUT2D eigenvalue weighted by molar-refractivity contribution is 6.31. The number of anilines is 1. The van der Waals surface area contributed by atoms with Gasteiger partial charge in [-0.05, 0) is 47.9 Å². The lowest BCUT2D eigenvalue weighted by atomic mass is 10.1. The Balaban J connectivity index is 1.51. The van der Waals surface area contributed by atoms with E-state index < -0.39 is 34.7 Å². The van der Waals surface area contributed by atoms with Crippen LogP contribution in [0.15, 0.2) is 72.8 Å². The normalized spacial score (nSPS) is 16.3. The molecule has 1 aliphatic carbocycles. The minimum atomic E-state index is -4.67. The standard InChI is InChI=1S/C28H25ClF3N3O4/c29-23-11-10-20(14-22(23)28(30,31)32)34-27(39)35(24-15-21(24)18-4-2-1-3-5-18)16-17-6-8-19(9-7-17)26(38)33-13-12-25(36)37/h1-11,14,21,24H,12-13,15-16H2,(H,33,38)(H,34,39)(H,36,37)/t21-,24?/m0/s1. The lowest BCUT2D eigenvalue weighted by molar-refractivity contribution is -0.138. The summed E-state index contributed by atoms with van der Waals surface area (Å²) in [5.41, 5.74) is 1.01. The first-order chi connectivity index (χ1) is 18.5. The molecule has 0 aliphatic heterocycles. The lowest BCUT2D eigenvalue weighted by Gasteiger charge is -2.24. The van der Waals surface area contributed by atoms with Crippen molar-refractivity contribution in [1.82, 2.24) is 10.2 Å². The maximum Gasteiger partial charge on any atom is 0.417 e. The molecule has 0 bridgehead atoms. The number of benzene rings is 3. The van der Waals surface area contributed by atoms with E-state index in [0.717, 1.165) is 17.7 Å². The van der Waals surface area contributed by atoms with Gasteiger partial charge in [0.2, 0.25) is 0 Å². The SMILES string of the molecule is O=C(O)CCNC(=O)c1ccc(CN(C(=O)Nc2ccc(Cl)c(C(F)(F)F)c2)C2C[C@H]2c2ccccc2)cc1. The van der Waals surface area contributed by atoms with Crippen LogP contribution in [0.4, 0.5) is 23.7 Å². The van der Waals surface area contributed by atoms with Gasteiger partial charge in [0.25, 0.3) is 5.91 Å². The van der Waals surface area contributed by atoms with E-state index in [2.05, 4.69) is 10.6 Å². The molecule has 4 rings (SSSR count). The fourth-order valence-electron chi connectivity index (χ4n) is 4.28. The highest BCUT2D eigenvalue weighted by Crippen LogP contribution is 2.45. The molecule has 1 aliphatic rings. The second-order valence-corrected chi connectivity index (χ2v) is 9.57. The van der Waals surface area contributed by atoms with Gasteiger partial charge in [-0.25, -0.2) is 4.79 Å². The van der Waals surface area contributed by atoms with Gasteiger partial charge in [-0.15, -0.1) is 0 Å². The molecular weight excluding hydrogens is 535 g/mol. The summed E-state index contributed by atoms with van der Waals surface area (Å²) < 4.78 is 40.0. The third kappa shape index (κ3) is 7.29. The van der Waals surface area contributed by atoms with Crippen molar-refractivity contribution < 1.29 is 32.7 Å². The van der Waals surface area contributed by atoms with Gasteiger partial charge in [-0.3, -0.25) is 9.59 Å². The number of carboxylic acid groups (broad SMARTS) is 1. The number of urea groups is 1. The Labute approximate surface area is 227 Å². The van der Waals surface area contributed by atoms with Crippen molar-refractivity contribution in [3.63, 3.8) is 0 Å². The fraction of sp³-hybridized carbons (Fsp3) is 0.250. The molecule has 0 spiro atoms. The van der Waals surface area contributed by atoms with Crippen molar-refractivity contribution in [3.8, 4) is 0 Å².